The van der Waals surface area contributed by atoms with Crippen molar-refractivity contribution in [1.29, 1.82) is 5.26 Å². The molecule has 2 N–H and O–H groups in total. The molecule has 1 atom stereocenters. The minimum absolute atomic E-state index is 0.236. The van der Waals surface area contributed by atoms with Gasteiger partial charge >= 0.3 is 0 Å². The van der Waals surface area contributed by atoms with Crippen LogP contribution in [-0.4, -0.2) is 29.8 Å². The van der Waals surface area contributed by atoms with Gasteiger partial charge in [-0.15, -0.1) is 0 Å². The van der Waals surface area contributed by atoms with E-state index in [1.54, 1.807) is 25.7 Å². The first-order chi connectivity index (χ1) is 7.23. The molecule has 0 aromatic rings. The van der Waals surface area contributed by atoms with Crippen molar-refractivity contribution in [2.75, 3.05) is 13.1 Å². The van der Waals surface area contributed by atoms with Crippen LogP contribution >= 0.6 is 0 Å². The van der Waals surface area contributed by atoms with Gasteiger partial charge in [0.1, 0.15) is 5.41 Å². The van der Waals surface area contributed by atoms with Gasteiger partial charge in [0, 0.05) is 13.1 Å². The standard InChI is InChI=1S/C11H17N3O2/c1-10(2,6-12)9(16)14-5-4-11(3,7-14)8(13)15/h4-5,7H2,1-3H3,(H2,13,15). The molecule has 16 heavy (non-hydrogen) atoms. The largest absolute Gasteiger partial charge is 0.369 e. The number of likely N-dealkylation sites (tertiary alicyclic amines) is 1. The molecule has 1 saturated heterocycles. The van der Waals surface area contributed by atoms with E-state index in [1.807, 2.05) is 6.07 Å². The van der Waals surface area contributed by atoms with Gasteiger partial charge in [-0.05, 0) is 27.2 Å². The topological polar surface area (TPSA) is 87.2 Å². The van der Waals surface area contributed by atoms with Gasteiger partial charge in [0.05, 0.1) is 11.5 Å². The van der Waals surface area contributed by atoms with Gasteiger partial charge in [0.2, 0.25) is 11.8 Å². The lowest BCUT2D eigenvalue weighted by atomic mass is 9.89. The Morgan fingerprint density at radius 1 is 1.50 bits per heavy atom. The van der Waals surface area contributed by atoms with E-state index < -0.39 is 16.7 Å². The molecule has 1 unspecified atom stereocenters. The second kappa shape index (κ2) is 3.78. The molecule has 1 heterocycles. The van der Waals surface area contributed by atoms with E-state index in [9.17, 15) is 9.59 Å². The minimum atomic E-state index is -1.04. The van der Waals surface area contributed by atoms with E-state index in [2.05, 4.69) is 0 Å². The predicted molar refractivity (Wildman–Crippen MR) is 57.9 cm³/mol. The van der Waals surface area contributed by atoms with Gasteiger partial charge in [-0.3, -0.25) is 9.59 Å². The van der Waals surface area contributed by atoms with E-state index in [-0.39, 0.29) is 5.91 Å². The van der Waals surface area contributed by atoms with Crippen molar-refractivity contribution in [2.24, 2.45) is 16.6 Å². The monoisotopic (exact) mass is 223 g/mol. The van der Waals surface area contributed by atoms with Gasteiger partial charge in [-0.1, -0.05) is 0 Å². The molecule has 1 aliphatic heterocycles. The summed E-state index contributed by atoms with van der Waals surface area (Å²) in [6, 6.07) is 1.97. The molecule has 0 spiro atoms. The lowest BCUT2D eigenvalue weighted by molar-refractivity contribution is -0.137. The van der Waals surface area contributed by atoms with Gasteiger partial charge in [-0.25, -0.2) is 0 Å². The number of primary amides is 1. The van der Waals surface area contributed by atoms with Crippen molar-refractivity contribution < 1.29 is 9.59 Å². The van der Waals surface area contributed by atoms with E-state index in [0.29, 0.717) is 19.5 Å². The zero-order valence-corrected chi connectivity index (χ0v) is 9.91. The summed E-state index contributed by atoms with van der Waals surface area (Å²) in [6.07, 6.45) is 0.565. The number of amides is 2. The maximum Gasteiger partial charge on any atom is 0.242 e. The molecule has 0 aliphatic carbocycles. The fraction of sp³-hybridized carbons (Fsp3) is 0.727. The number of nitrogens with two attached hydrogens (primary N) is 1. The Kier molecular flexibility index (Phi) is 2.95. The molecule has 0 aromatic heterocycles. The SMILES string of the molecule is CC(C)(C#N)C(=O)N1CCC(C)(C(N)=O)C1. The van der Waals surface area contributed by atoms with Crippen molar-refractivity contribution in [3.05, 3.63) is 0 Å². The van der Waals surface area contributed by atoms with E-state index >= 15 is 0 Å². The zero-order valence-electron chi connectivity index (χ0n) is 9.91. The first kappa shape index (κ1) is 12.5. The Balaban J connectivity index is 2.79. The van der Waals surface area contributed by atoms with Crippen LogP contribution in [0, 0.1) is 22.2 Å². The van der Waals surface area contributed by atoms with Crippen LogP contribution < -0.4 is 5.73 Å². The Morgan fingerprint density at radius 3 is 2.44 bits per heavy atom. The third-order valence-electron chi connectivity index (χ3n) is 3.17. The van der Waals surface area contributed by atoms with Crippen LogP contribution in [0.3, 0.4) is 0 Å². The summed E-state index contributed by atoms with van der Waals surface area (Å²) in [4.78, 5) is 24.7. The van der Waals surface area contributed by atoms with Crippen molar-refractivity contribution in [3.63, 3.8) is 0 Å². The molecule has 0 bridgehead atoms. The van der Waals surface area contributed by atoms with Crippen LogP contribution in [0.15, 0.2) is 0 Å². The molecular weight excluding hydrogens is 206 g/mol. The number of hydrogen-bond acceptors (Lipinski definition) is 3. The summed E-state index contributed by atoms with van der Waals surface area (Å²) >= 11 is 0. The molecular formula is C11H17N3O2. The van der Waals surface area contributed by atoms with Gasteiger partial charge in [0.15, 0.2) is 0 Å². The third-order valence-corrected chi connectivity index (χ3v) is 3.17. The highest BCUT2D eigenvalue weighted by molar-refractivity contribution is 5.87. The number of nitrogens with zero attached hydrogens (tertiary/aromatic N) is 2. The van der Waals surface area contributed by atoms with Crippen LogP contribution in [0.25, 0.3) is 0 Å². The molecule has 0 saturated carbocycles. The third kappa shape index (κ3) is 2.01. The van der Waals surface area contributed by atoms with Gasteiger partial charge in [-0.2, -0.15) is 5.26 Å². The highest BCUT2D eigenvalue weighted by Gasteiger charge is 2.43. The highest BCUT2D eigenvalue weighted by Crippen LogP contribution is 2.32. The predicted octanol–water partition coefficient (Wildman–Crippen LogP) is 0.260. The summed E-state index contributed by atoms with van der Waals surface area (Å²) in [5.74, 6) is -0.627. The van der Waals surface area contributed by atoms with Crippen LogP contribution in [0.5, 0.6) is 0 Å². The highest BCUT2D eigenvalue weighted by atomic mass is 16.2. The molecule has 0 radical (unpaired) electrons. The first-order valence-electron chi connectivity index (χ1n) is 5.23. The second-order valence-corrected chi connectivity index (χ2v) is 5.14. The fourth-order valence-corrected chi connectivity index (χ4v) is 1.78. The zero-order chi connectivity index (χ0) is 12.6. The lowest BCUT2D eigenvalue weighted by Crippen LogP contribution is -2.42. The number of nitriles is 1. The average Bonchev–Trinajstić information content (AvgIpc) is 2.61. The van der Waals surface area contributed by atoms with Crippen LogP contribution in [-0.2, 0) is 9.59 Å². The molecule has 1 aliphatic rings. The van der Waals surface area contributed by atoms with Crippen molar-refractivity contribution in [1.82, 2.24) is 4.90 Å². The summed E-state index contributed by atoms with van der Waals surface area (Å²) < 4.78 is 0. The van der Waals surface area contributed by atoms with Crippen molar-refractivity contribution in [3.8, 4) is 6.07 Å². The van der Waals surface area contributed by atoms with E-state index in [0.717, 1.165) is 0 Å². The molecule has 1 fully saturated rings. The Hall–Kier alpha value is -1.57. The molecule has 5 heteroatoms. The Labute approximate surface area is 95.2 Å². The van der Waals surface area contributed by atoms with Crippen LogP contribution in [0.2, 0.25) is 0 Å². The smallest absolute Gasteiger partial charge is 0.242 e. The number of carbonyl (C=O) groups is 2. The fourth-order valence-electron chi connectivity index (χ4n) is 1.78. The quantitative estimate of drug-likeness (QED) is 0.728. The summed E-state index contributed by atoms with van der Waals surface area (Å²) in [5.41, 5.74) is 3.60. The van der Waals surface area contributed by atoms with Gasteiger partial charge in [0.25, 0.3) is 0 Å². The molecule has 5 nitrogen and oxygen atoms in total. The normalized spacial score (nSPS) is 25.2. The number of hydrogen-bond donors (Lipinski definition) is 1. The summed E-state index contributed by atoms with van der Waals surface area (Å²) in [6.45, 7) is 5.71. The van der Waals surface area contributed by atoms with Gasteiger partial charge < -0.3 is 10.6 Å². The van der Waals surface area contributed by atoms with Crippen LogP contribution in [0.4, 0.5) is 0 Å². The summed E-state index contributed by atoms with van der Waals surface area (Å²) in [5, 5.41) is 8.87. The Morgan fingerprint density at radius 2 is 2.06 bits per heavy atom. The summed E-state index contributed by atoms with van der Waals surface area (Å²) in [7, 11) is 0. The van der Waals surface area contributed by atoms with Crippen molar-refractivity contribution in [2.45, 2.75) is 27.2 Å². The Bertz CT molecular complexity index is 370. The lowest BCUT2D eigenvalue weighted by Gasteiger charge is -2.25. The van der Waals surface area contributed by atoms with E-state index in [4.69, 9.17) is 11.0 Å². The molecule has 88 valence electrons. The second-order valence-electron chi connectivity index (χ2n) is 5.14. The first-order valence-corrected chi connectivity index (χ1v) is 5.23. The van der Waals surface area contributed by atoms with E-state index in [1.165, 1.54) is 0 Å². The number of rotatable bonds is 2. The maximum absolute atomic E-state index is 12.0. The average molecular weight is 223 g/mol. The minimum Gasteiger partial charge on any atom is -0.369 e. The molecule has 0 aromatic carbocycles. The maximum atomic E-state index is 12.0. The van der Waals surface area contributed by atoms with Crippen LogP contribution in [0.1, 0.15) is 27.2 Å². The molecule has 1 rings (SSSR count). The number of carbonyl (C=O) groups excluding carboxylic acids is 2. The molecule has 2 amide bonds. The van der Waals surface area contributed by atoms with Crippen molar-refractivity contribution >= 4 is 11.8 Å².